The van der Waals surface area contributed by atoms with Gasteiger partial charge >= 0.3 is 0 Å². The Morgan fingerprint density at radius 2 is 2.04 bits per heavy atom. The fraction of sp³-hybridized carbons (Fsp3) is 0.474. The van der Waals surface area contributed by atoms with Gasteiger partial charge in [0.25, 0.3) is 0 Å². The standard InChI is InChI=1S/C19H26N2O2/c1-5-16(15-10-8-7-9-11-15)20(4)18(23)19(3)12-13-21(14-19)17(22)6-2/h6-11,16H,2,5,12-14H2,1,3-4H3. The fourth-order valence-corrected chi connectivity index (χ4v) is 3.43. The Morgan fingerprint density at radius 1 is 1.39 bits per heavy atom. The normalized spacial score (nSPS) is 21.8. The van der Waals surface area contributed by atoms with Gasteiger partial charge in [0.05, 0.1) is 11.5 Å². The molecular weight excluding hydrogens is 288 g/mol. The first-order valence-corrected chi connectivity index (χ1v) is 8.16. The van der Waals surface area contributed by atoms with Gasteiger partial charge in [-0.25, -0.2) is 0 Å². The van der Waals surface area contributed by atoms with Crippen LogP contribution in [0.2, 0.25) is 0 Å². The van der Waals surface area contributed by atoms with E-state index in [1.807, 2.05) is 37.1 Å². The molecule has 0 radical (unpaired) electrons. The first-order chi connectivity index (χ1) is 10.9. The molecule has 1 aromatic carbocycles. The van der Waals surface area contributed by atoms with E-state index in [0.717, 1.165) is 12.0 Å². The molecule has 1 aromatic rings. The molecule has 1 saturated heterocycles. The largest absolute Gasteiger partial charge is 0.338 e. The average Bonchev–Trinajstić information content (AvgIpc) is 2.98. The van der Waals surface area contributed by atoms with Crippen LogP contribution in [0.15, 0.2) is 43.0 Å². The van der Waals surface area contributed by atoms with Gasteiger partial charge in [-0.3, -0.25) is 9.59 Å². The second-order valence-electron chi connectivity index (χ2n) is 6.53. The zero-order valence-electron chi connectivity index (χ0n) is 14.3. The van der Waals surface area contributed by atoms with Crippen molar-refractivity contribution in [3.63, 3.8) is 0 Å². The van der Waals surface area contributed by atoms with Crippen molar-refractivity contribution < 1.29 is 9.59 Å². The predicted octanol–water partition coefficient (Wildman–Crippen LogP) is 3.02. The summed E-state index contributed by atoms with van der Waals surface area (Å²) in [5.41, 5.74) is 0.627. The van der Waals surface area contributed by atoms with Gasteiger partial charge in [-0.05, 0) is 31.4 Å². The summed E-state index contributed by atoms with van der Waals surface area (Å²) in [4.78, 5) is 28.4. The van der Waals surface area contributed by atoms with Crippen molar-refractivity contribution in [1.82, 2.24) is 9.80 Å². The summed E-state index contributed by atoms with van der Waals surface area (Å²) in [6.07, 6.45) is 2.87. The van der Waals surface area contributed by atoms with E-state index < -0.39 is 5.41 Å². The second kappa shape index (κ2) is 6.99. The third kappa shape index (κ3) is 3.46. The van der Waals surface area contributed by atoms with Crippen LogP contribution in [0.5, 0.6) is 0 Å². The van der Waals surface area contributed by atoms with E-state index in [2.05, 4.69) is 25.6 Å². The Bertz CT molecular complexity index is 584. The minimum absolute atomic E-state index is 0.0599. The third-order valence-corrected chi connectivity index (χ3v) is 4.83. The molecule has 1 heterocycles. The van der Waals surface area contributed by atoms with Crippen LogP contribution in [0, 0.1) is 5.41 Å². The van der Waals surface area contributed by atoms with Crippen LogP contribution in [-0.4, -0.2) is 41.8 Å². The maximum absolute atomic E-state index is 13.1. The first kappa shape index (κ1) is 17.3. The van der Waals surface area contributed by atoms with E-state index in [-0.39, 0.29) is 17.9 Å². The van der Waals surface area contributed by atoms with E-state index in [1.165, 1.54) is 6.08 Å². The maximum atomic E-state index is 13.1. The molecule has 1 aliphatic heterocycles. The summed E-state index contributed by atoms with van der Waals surface area (Å²) in [7, 11) is 1.87. The van der Waals surface area contributed by atoms with Crippen molar-refractivity contribution in [3.8, 4) is 0 Å². The number of likely N-dealkylation sites (tertiary alicyclic amines) is 1. The summed E-state index contributed by atoms with van der Waals surface area (Å²) in [5, 5.41) is 0. The summed E-state index contributed by atoms with van der Waals surface area (Å²) in [6.45, 7) is 8.65. The lowest BCUT2D eigenvalue weighted by Crippen LogP contribution is -2.44. The Balaban J connectivity index is 2.15. The number of hydrogen-bond donors (Lipinski definition) is 0. The second-order valence-corrected chi connectivity index (χ2v) is 6.53. The minimum Gasteiger partial charge on any atom is -0.338 e. The lowest BCUT2D eigenvalue weighted by molar-refractivity contribution is -0.142. The van der Waals surface area contributed by atoms with Gasteiger partial charge in [-0.1, -0.05) is 43.8 Å². The van der Waals surface area contributed by atoms with Crippen molar-refractivity contribution in [3.05, 3.63) is 48.6 Å². The van der Waals surface area contributed by atoms with Crippen molar-refractivity contribution in [2.24, 2.45) is 5.41 Å². The molecule has 2 unspecified atom stereocenters. The van der Waals surface area contributed by atoms with Gasteiger partial charge in [-0.2, -0.15) is 0 Å². The van der Waals surface area contributed by atoms with Gasteiger partial charge in [0.2, 0.25) is 11.8 Å². The van der Waals surface area contributed by atoms with Crippen LogP contribution in [-0.2, 0) is 9.59 Å². The molecule has 0 N–H and O–H groups in total. The molecule has 0 aliphatic carbocycles. The zero-order valence-corrected chi connectivity index (χ0v) is 14.3. The molecule has 2 amide bonds. The van der Waals surface area contributed by atoms with E-state index in [9.17, 15) is 9.59 Å². The quantitative estimate of drug-likeness (QED) is 0.784. The number of rotatable bonds is 5. The monoisotopic (exact) mass is 314 g/mol. The number of benzene rings is 1. The Kier molecular flexibility index (Phi) is 5.24. The maximum Gasteiger partial charge on any atom is 0.245 e. The highest BCUT2D eigenvalue weighted by molar-refractivity contribution is 5.89. The topological polar surface area (TPSA) is 40.6 Å². The number of nitrogens with zero attached hydrogens (tertiary/aromatic N) is 2. The van der Waals surface area contributed by atoms with Crippen LogP contribution in [0.25, 0.3) is 0 Å². The Hall–Kier alpha value is -2.10. The summed E-state index contributed by atoms with van der Waals surface area (Å²) < 4.78 is 0. The van der Waals surface area contributed by atoms with Gasteiger partial charge < -0.3 is 9.80 Å². The highest BCUT2D eigenvalue weighted by Gasteiger charge is 2.44. The molecule has 1 fully saturated rings. The third-order valence-electron chi connectivity index (χ3n) is 4.83. The van der Waals surface area contributed by atoms with Gasteiger partial charge in [0.15, 0.2) is 0 Å². The first-order valence-electron chi connectivity index (χ1n) is 8.16. The van der Waals surface area contributed by atoms with Crippen LogP contribution >= 0.6 is 0 Å². The highest BCUT2D eigenvalue weighted by atomic mass is 16.2. The Labute approximate surface area is 138 Å². The smallest absolute Gasteiger partial charge is 0.245 e. The molecule has 0 bridgehead atoms. The molecule has 124 valence electrons. The molecule has 4 nitrogen and oxygen atoms in total. The van der Waals surface area contributed by atoms with E-state index in [4.69, 9.17) is 0 Å². The number of carbonyl (C=O) groups is 2. The van der Waals surface area contributed by atoms with Crippen molar-refractivity contribution >= 4 is 11.8 Å². The van der Waals surface area contributed by atoms with E-state index in [1.54, 1.807) is 4.90 Å². The Morgan fingerprint density at radius 3 is 2.61 bits per heavy atom. The molecular formula is C19H26N2O2. The summed E-state index contributed by atoms with van der Waals surface area (Å²) in [6, 6.07) is 10.2. The van der Waals surface area contributed by atoms with Crippen LogP contribution < -0.4 is 0 Å². The van der Waals surface area contributed by atoms with E-state index in [0.29, 0.717) is 19.5 Å². The van der Waals surface area contributed by atoms with Crippen LogP contribution in [0.4, 0.5) is 0 Å². The molecule has 4 heteroatoms. The average molecular weight is 314 g/mol. The fourth-order valence-electron chi connectivity index (χ4n) is 3.43. The number of carbonyl (C=O) groups excluding carboxylic acids is 2. The van der Waals surface area contributed by atoms with Crippen molar-refractivity contribution in [2.45, 2.75) is 32.7 Å². The molecule has 2 rings (SSSR count). The molecule has 0 spiro atoms. The molecule has 2 atom stereocenters. The molecule has 1 aliphatic rings. The lowest BCUT2D eigenvalue weighted by Gasteiger charge is -2.34. The zero-order chi connectivity index (χ0) is 17.0. The predicted molar refractivity (Wildman–Crippen MR) is 91.7 cm³/mol. The van der Waals surface area contributed by atoms with Crippen LogP contribution in [0.1, 0.15) is 38.3 Å². The van der Waals surface area contributed by atoms with Gasteiger partial charge in [0.1, 0.15) is 0 Å². The van der Waals surface area contributed by atoms with E-state index >= 15 is 0 Å². The number of amides is 2. The summed E-state index contributed by atoms with van der Waals surface area (Å²) in [5.74, 6) is 0.00634. The molecule has 0 saturated carbocycles. The summed E-state index contributed by atoms with van der Waals surface area (Å²) >= 11 is 0. The minimum atomic E-state index is -0.518. The van der Waals surface area contributed by atoms with Gasteiger partial charge in [-0.15, -0.1) is 0 Å². The molecule has 0 aromatic heterocycles. The highest BCUT2D eigenvalue weighted by Crippen LogP contribution is 2.35. The molecule has 23 heavy (non-hydrogen) atoms. The van der Waals surface area contributed by atoms with Crippen molar-refractivity contribution in [2.75, 3.05) is 20.1 Å². The SMILES string of the molecule is C=CC(=O)N1CCC(C)(C(=O)N(C)C(CC)c2ccccc2)C1. The van der Waals surface area contributed by atoms with Crippen LogP contribution in [0.3, 0.4) is 0 Å². The lowest BCUT2D eigenvalue weighted by atomic mass is 9.87. The number of hydrogen-bond acceptors (Lipinski definition) is 2. The van der Waals surface area contributed by atoms with Crippen molar-refractivity contribution in [1.29, 1.82) is 0 Å². The van der Waals surface area contributed by atoms with Gasteiger partial charge in [0, 0.05) is 20.1 Å².